The van der Waals surface area contributed by atoms with Crippen molar-refractivity contribution in [2.75, 3.05) is 25.2 Å². The summed E-state index contributed by atoms with van der Waals surface area (Å²) in [6.45, 7) is 5.08. The molecule has 3 aromatic rings. The molecule has 0 saturated heterocycles. The minimum atomic E-state index is -4.35. The number of carbonyl (C=O) groups excluding carboxylic acids is 1. The van der Waals surface area contributed by atoms with E-state index in [1.807, 2.05) is 43.3 Å². The maximum absolute atomic E-state index is 12.8. The third-order valence-electron chi connectivity index (χ3n) is 4.96. The third-order valence-corrected chi connectivity index (χ3v) is 4.96. The van der Waals surface area contributed by atoms with Crippen molar-refractivity contribution in [1.29, 1.82) is 0 Å². The van der Waals surface area contributed by atoms with Gasteiger partial charge in [-0.1, -0.05) is 36.4 Å². The molecule has 33 heavy (non-hydrogen) atoms. The first kappa shape index (κ1) is 25.9. The van der Waals surface area contributed by atoms with Gasteiger partial charge < -0.3 is 19.5 Å². The molecule has 1 N–H and O–H groups in total. The summed E-state index contributed by atoms with van der Waals surface area (Å²) >= 11 is 0. The number of aldehydes is 1. The molecular weight excluding hydrogens is 431 g/mol. The number of phenols is 1. The molecule has 0 unspecified atom stereocenters. The predicted octanol–water partition coefficient (Wildman–Crippen LogP) is 6.24. The summed E-state index contributed by atoms with van der Waals surface area (Å²) in [4.78, 5) is 10.9. The van der Waals surface area contributed by atoms with Crippen molar-refractivity contribution in [3.05, 3.63) is 83.4 Å². The normalized spacial score (nSPS) is 10.8. The van der Waals surface area contributed by atoms with E-state index < -0.39 is 11.7 Å². The van der Waals surface area contributed by atoms with Crippen molar-refractivity contribution in [2.45, 2.75) is 26.6 Å². The fourth-order valence-electron chi connectivity index (χ4n) is 3.27. The molecular formula is C26H28F3NO3. The first-order valence-corrected chi connectivity index (χ1v) is 10.4. The molecule has 0 radical (unpaired) electrons. The van der Waals surface area contributed by atoms with E-state index in [0.29, 0.717) is 19.7 Å². The van der Waals surface area contributed by atoms with E-state index in [2.05, 4.69) is 4.90 Å². The van der Waals surface area contributed by atoms with Gasteiger partial charge in [0.05, 0.1) is 12.2 Å². The van der Waals surface area contributed by atoms with E-state index in [4.69, 9.17) is 9.53 Å². The van der Waals surface area contributed by atoms with Gasteiger partial charge in [-0.05, 0) is 66.4 Å². The SMILES string of the molecule is CC=O.COCCN(Cc1ccc(O)c(C)c1)c1cccc(-c2ccc(C(F)(F)F)cc2)c1. The molecule has 0 fully saturated rings. The van der Waals surface area contributed by atoms with Crippen LogP contribution in [0.4, 0.5) is 18.9 Å². The van der Waals surface area contributed by atoms with Gasteiger partial charge in [-0.25, -0.2) is 0 Å². The quantitative estimate of drug-likeness (QED) is 0.425. The summed E-state index contributed by atoms with van der Waals surface area (Å²) in [6, 6.07) is 18.4. The fraction of sp³-hybridized carbons (Fsp3) is 0.269. The standard InChI is InChI=1S/C24H24F3NO2.C2H4O/c1-17-14-18(6-11-23(17)29)16-28(12-13-30-2)22-5-3-4-20(15-22)19-7-9-21(10-8-19)24(25,26)27;1-2-3/h3-11,14-15,29H,12-13,16H2,1-2H3;2H,1H3. The van der Waals surface area contributed by atoms with Gasteiger partial charge >= 0.3 is 6.18 Å². The molecule has 0 spiro atoms. The topological polar surface area (TPSA) is 49.8 Å². The fourth-order valence-corrected chi connectivity index (χ4v) is 3.27. The lowest BCUT2D eigenvalue weighted by atomic mass is 10.0. The molecule has 3 aromatic carbocycles. The molecule has 0 aliphatic rings. The zero-order valence-corrected chi connectivity index (χ0v) is 18.9. The number of halogens is 3. The highest BCUT2D eigenvalue weighted by Crippen LogP contribution is 2.32. The summed E-state index contributed by atoms with van der Waals surface area (Å²) in [6.07, 6.45) is -3.60. The highest BCUT2D eigenvalue weighted by atomic mass is 19.4. The number of aryl methyl sites for hydroxylation is 1. The number of alkyl halides is 3. The molecule has 0 heterocycles. The van der Waals surface area contributed by atoms with Crippen molar-refractivity contribution in [3.8, 4) is 16.9 Å². The van der Waals surface area contributed by atoms with E-state index >= 15 is 0 Å². The molecule has 176 valence electrons. The smallest absolute Gasteiger partial charge is 0.416 e. The number of aromatic hydroxyl groups is 1. The van der Waals surface area contributed by atoms with Gasteiger partial charge in [-0.15, -0.1) is 0 Å². The Morgan fingerprint density at radius 2 is 1.67 bits per heavy atom. The van der Waals surface area contributed by atoms with Gasteiger partial charge in [0.1, 0.15) is 12.0 Å². The van der Waals surface area contributed by atoms with Crippen LogP contribution >= 0.6 is 0 Å². The van der Waals surface area contributed by atoms with Crippen LogP contribution < -0.4 is 4.90 Å². The van der Waals surface area contributed by atoms with Crippen LogP contribution in [-0.4, -0.2) is 31.7 Å². The number of rotatable bonds is 7. The minimum absolute atomic E-state index is 0.256. The maximum Gasteiger partial charge on any atom is 0.416 e. The Bertz CT molecular complexity index is 1030. The van der Waals surface area contributed by atoms with E-state index in [-0.39, 0.29) is 5.75 Å². The van der Waals surface area contributed by atoms with Gasteiger partial charge in [-0.2, -0.15) is 13.2 Å². The minimum Gasteiger partial charge on any atom is -0.508 e. The number of methoxy groups -OCH3 is 1. The largest absolute Gasteiger partial charge is 0.508 e. The Morgan fingerprint density at radius 1 is 1.00 bits per heavy atom. The lowest BCUT2D eigenvalue weighted by Crippen LogP contribution is -2.26. The first-order valence-electron chi connectivity index (χ1n) is 10.4. The molecule has 3 rings (SSSR count). The summed E-state index contributed by atoms with van der Waals surface area (Å²) in [5.41, 5.74) is 3.68. The summed E-state index contributed by atoms with van der Waals surface area (Å²) < 4.78 is 43.8. The van der Waals surface area contributed by atoms with Crippen LogP contribution in [0.2, 0.25) is 0 Å². The Hall–Kier alpha value is -3.32. The van der Waals surface area contributed by atoms with E-state index in [1.165, 1.54) is 19.1 Å². The van der Waals surface area contributed by atoms with Crippen LogP contribution in [0.5, 0.6) is 5.75 Å². The molecule has 0 amide bonds. The number of phenolic OH excluding ortho intramolecular Hbond substituents is 1. The molecule has 0 saturated carbocycles. The summed E-state index contributed by atoms with van der Waals surface area (Å²) in [7, 11) is 1.64. The molecule has 0 aromatic heterocycles. The van der Waals surface area contributed by atoms with Crippen molar-refractivity contribution in [1.82, 2.24) is 0 Å². The van der Waals surface area contributed by atoms with Crippen molar-refractivity contribution in [3.63, 3.8) is 0 Å². The zero-order valence-electron chi connectivity index (χ0n) is 18.9. The predicted molar refractivity (Wildman–Crippen MR) is 124 cm³/mol. The zero-order chi connectivity index (χ0) is 24.4. The number of anilines is 1. The van der Waals surface area contributed by atoms with E-state index in [9.17, 15) is 18.3 Å². The number of benzene rings is 3. The Balaban J connectivity index is 0.00000122. The average molecular weight is 460 g/mol. The Morgan fingerprint density at radius 3 is 2.24 bits per heavy atom. The molecule has 0 bridgehead atoms. The van der Waals surface area contributed by atoms with Gasteiger partial charge in [0, 0.05) is 25.9 Å². The van der Waals surface area contributed by atoms with Crippen LogP contribution in [0.3, 0.4) is 0 Å². The molecule has 0 aliphatic heterocycles. The number of nitrogens with zero attached hydrogens (tertiary/aromatic N) is 1. The third kappa shape index (κ3) is 7.64. The maximum atomic E-state index is 12.8. The number of hydrogen-bond donors (Lipinski definition) is 1. The molecule has 7 heteroatoms. The molecule has 0 aliphatic carbocycles. The van der Waals surface area contributed by atoms with Gasteiger partial charge in [0.2, 0.25) is 0 Å². The van der Waals surface area contributed by atoms with E-state index in [1.54, 1.807) is 13.2 Å². The van der Waals surface area contributed by atoms with Crippen LogP contribution in [0.15, 0.2) is 66.7 Å². The summed E-state index contributed by atoms with van der Waals surface area (Å²) in [5.74, 6) is 0.256. The van der Waals surface area contributed by atoms with Crippen molar-refractivity contribution in [2.24, 2.45) is 0 Å². The Labute approximate surface area is 192 Å². The summed E-state index contributed by atoms with van der Waals surface area (Å²) in [5, 5.41) is 9.76. The number of carbonyl (C=O) groups is 1. The highest BCUT2D eigenvalue weighted by Gasteiger charge is 2.29. The lowest BCUT2D eigenvalue weighted by Gasteiger charge is -2.25. The van der Waals surface area contributed by atoms with Crippen molar-refractivity contribution >= 4 is 12.0 Å². The second kappa shape index (κ2) is 12.1. The van der Waals surface area contributed by atoms with E-state index in [0.717, 1.165) is 46.4 Å². The monoisotopic (exact) mass is 459 g/mol. The van der Waals surface area contributed by atoms with Crippen molar-refractivity contribution < 1.29 is 27.8 Å². The lowest BCUT2D eigenvalue weighted by molar-refractivity contribution is -0.137. The second-order valence-electron chi connectivity index (χ2n) is 7.40. The first-order chi connectivity index (χ1) is 15.7. The van der Waals surface area contributed by atoms with Crippen LogP contribution in [-0.2, 0) is 22.3 Å². The van der Waals surface area contributed by atoms with Gasteiger partial charge in [0.15, 0.2) is 0 Å². The number of ether oxygens (including phenoxy) is 1. The Kier molecular flexibility index (Phi) is 9.48. The second-order valence-corrected chi connectivity index (χ2v) is 7.40. The molecule has 0 atom stereocenters. The van der Waals surface area contributed by atoms with Crippen LogP contribution in [0, 0.1) is 6.92 Å². The van der Waals surface area contributed by atoms with Crippen LogP contribution in [0.25, 0.3) is 11.1 Å². The van der Waals surface area contributed by atoms with Gasteiger partial charge in [-0.3, -0.25) is 0 Å². The molecule has 4 nitrogen and oxygen atoms in total. The van der Waals surface area contributed by atoms with Gasteiger partial charge in [0.25, 0.3) is 0 Å². The highest BCUT2D eigenvalue weighted by molar-refractivity contribution is 5.69. The average Bonchev–Trinajstić information content (AvgIpc) is 2.79. The van der Waals surface area contributed by atoms with Crippen LogP contribution in [0.1, 0.15) is 23.6 Å². The number of hydrogen-bond acceptors (Lipinski definition) is 4.